The number of hydrogen-bond acceptors (Lipinski definition) is 2. The Labute approximate surface area is 37.0 Å². The van der Waals surface area contributed by atoms with Crippen molar-refractivity contribution in [2.45, 2.75) is 0 Å². The molecule has 0 aromatic rings. The molecule has 0 aliphatic rings. The first kappa shape index (κ1) is 5.36. The fourth-order valence-electron chi connectivity index (χ4n) is 0. The van der Waals surface area contributed by atoms with Crippen molar-refractivity contribution in [3.63, 3.8) is 0 Å². The molecule has 2 N–H and O–H groups in total. The first-order valence-electron chi connectivity index (χ1n) is 0.723. The molecule has 0 amide bonds. The summed E-state index contributed by atoms with van der Waals surface area (Å²) in [4.78, 5) is 0. The van der Waals surface area contributed by atoms with Gasteiger partial charge in [-0.1, -0.05) is 0 Å². The van der Waals surface area contributed by atoms with Crippen molar-refractivity contribution in [1.29, 1.82) is 0 Å². The maximum Gasteiger partial charge on any atom is 0.249 e. The van der Waals surface area contributed by atoms with Gasteiger partial charge in [-0.25, -0.2) is 9.35 Å². The maximum absolute atomic E-state index is 9.35. The van der Waals surface area contributed by atoms with Crippen LogP contribution in [0.15, 0.2) is 0 Å². The van der Waals surface area contributed by atoms with Crippen LogP contribution in [0.2, 0.25) is 0 Å². The molecule has 0 saturated heterocycles. The van der Waals surface area contributed by atoms with Gasteiger partial charge in [0.2, 0.25) is 11.3 Å². The number of hydrogen-bond donors (Lipinski definition) is 1. The minimum Gasteiger partial charge on any atom is -0.227 e. The van der Waals surface area contributed by atoms with E-state index in [1.54, 1.807) is 0 Å². The number of rotatable bonds is 1. The lowest BCUT2D eigenvalue weighted by molar-refractivity contribution is 0.599. The van der Waals surface area contributed by atoms with E-state index in [1.165, 1.54) is 0 Å². The second-order valence-corrected chi connectivity index (χ2v) is 1.35. The van der Waals surface area contributed by atoms with Crippen LogP contribution < -0.4 is 5.14 Å². The van der Waals surface area contributed by atoms with Gasteiger partial charge in [-0.05, 0) is 0 Å². The summed E-state index contributed by atoms with van der Waals surface area (Å²) in [6, 6.07) is 0. The molecule has 5 heavy (non-hydrogen) atoms. The Morgan fingerprint density at radius 1 is 2.00 bits per heavy atom. The van der Waals surface area contributed by atoms with Crippen LogP contribution in [0.3, 0.4) is 0 Å². The fraction of sp³-hybridized carbons (Fsp3) is 0. The molecule has 1 unspecified atom stereocenters. The third-order valence-electron chi connectivity index (χ3n) is 0.0621. The van der Waals surface area contributed by atoms with Crippen LogP contribution in [-0.4, -0.2) is 4.21 Å². The van der Waals surface area contributed by atoms with Crippen LogP contribution in [0.1, 0.15) is 0 Å². The van der Waals surface area contributed by atoms with Gasteiger partial charge in [-0.15, -0.1) is 0 Å². The monoisotopic (exact) mass is 115 g/mol. The Morgan fingerprint density at radius 3 is 2.20 bits per heavy atom. The fourth-order valence-corrected chi connectivity index (χ4v) is 0. The molecule has 0 spiro atoms. The molecule has 32 valence electrons. The van der Waals surface area contributed by atoms with Crippen LogP contribution in [-0.2, 0) is 15.0 Å². The summed E-state index contributed by atoms with van der Waals surface area (Å²) in [5.74, 6) is 0. The van der Waals surface area contributed by atoms with Gasteiger partial charge in [0.1, 0.15) is 0 Å². The normalized spacial score (nSPS) is 14.8. The van der Waals surface area contributed by atoms with E-state index in [1.807, 2.05) is 0 Å². The largest absolute Gasteiger partial charge is 0.249 e. The lowest BCUT2D eigenvalue weighted by Crippen LogP contribution is -1.99. The Hall–Kier alpha value is 0.360. The zero-order valence-corrected chi connectivity index (χ0v) is 3.75. The molecular weight excluding hydrogens is 114 g/mol. The third kappa shape index (κ3) is 4.36. The Morgan fingerprint density at radius 2 is 2.20 bits per heavy atom. The SMILES string of the molecule is NS(=O)OCl. The lowest BCUT2D eigenvalue weighted by Gasteiger charge is -1.73. The van der Waals surface area contributed by atoms with Gasteiger partial charge in [0, 0.05) is 0 Å². The van der Waals surface area contributed by atoms with Crippen molar-refractivity contribution in [2.24, 2.45) is 5.14 Å². The molecule has 0 fully saturated rings. The molecule has 1 atom stereocenters. The summed E-state index contributed by atoms with van der Waals surface area (Å²) < 4.78 is 12.8. The summed E-state index contributed by atoms with van der Waals surface area (Å²) in [5, 5.41) is 4.41. The number of halogens is 1. The van der Waals surface area contributed by atoms with Gasteiger partial charge in [0.05, 0.1) is 11.9 Å². The molecular formula is H2ClNO2S. The van der Waals surface area contributed by atoms with Crippen LogP contribution in [0.5, 0.6) is 0 Å². The molecule has 0 heterocycles. The van der Waals surface area contributed by atoms with Crippen molar-refractivity contribution in [3.8, 4) is 0 Å². The van der Waals surface area contributed by atoms with E-state index >= 15 is 0 Å². The molecule has 0 bridgehead atoms. The lowest BCUT2D eigenvalue weighted by atomic mass is 13.9. The van der Waals surface area contributed by atoms with E-state index in [0.717, 1.165) is 0 Å². The van der Waals surface area contributed by atoms with Crippen LogP contribution in [0.25, 0.3) is 0 Å². The Balaban J connectivity index is 2.85. The minimum absolute atomic E-state index is 1.81. The predicted octanol–water partition coefficient (Wildman–Crippen LogP) is -0.306. The smallest absolute Gasteiger partial charge is 0.227 e. The maximum atomic E-state index is 9.35. The molecule has 0 aliphatic carbocycles. The number of nitrogens with two attached hydrogens (primary N) is 1. The van der Waals surface area contributed by atoms with Crippen LogP contribution >= 0.6 is 11.9 Å². The molecule has 3 nitrogen and oxygen atoms in total. The Kier molecular flexibility index (Phi) is 2.78. The Bertz CT molecular complexity index is 44.9. The second-order valence-electron chi connectivity index (χ2n) is 0.323. The highest BCUT2D eigenvalue weighted by molar-refractivity contribution is 7.78. The predicted molar refractivity (Wildman–Crippen MR) is 19.3 cm³/mol. The summed E-state index contributed by atoms with van der Waals surface area (Å²) in [7, 11) is 0. The van der Waals surface area contributed by atoms with Gasteiger partial charge < -0.3 is 0 Å². The quantitative estimate of drug-likeness (QED) is 0.510. The zero-order valence-electron chi connectivity index (χ0n) is 2.18. The van der Waals surface area contributed by atoms with E-state index in [2.05, 4.69) is 20.7 Å². The summed E-state index contributed by atoms with van der Waals surface area (Å²) >= 11 is 2.60. The van der Waals surface area contributed by atoms with Crippen molar-refractivity contribution >= 4 is 23.1 Å². The van der Waals surface area contributed by atoms with E-state index < -0.39 is 11.3 Å². The van der Waals surface area contributed by atoms with Crippen LogP contribution in [0, 0.1) is 0 Å². The highest BCUT2D eigenvalue weighted by Gasteiger charge is 1.76. The van der Waals surface area contributed by atoms with E-state index in [4.69, 9.17) is 0 Å². The topological polar surface area (TPSA) is 52.3 Å². The molecule has 0 rings (SSSR count). The van der Waals surface area contributed by atoms with E-state index in [-0.39, 0.29) is 0 Å². The molecule has 0 aromatic heterocycles. The zero-order chi connectivity index (χ0) is 4.28. The van der Waals surface area contributed by atoms with Crippen LogP contribution in [0.4, 0.5) is 0 Å². The molecule has 5 heteroatoms. The minimum atomic E-state index is -1.81. The van der Waals surface area contributed by atoms with Gasteiger partial charge >= 0.3 is 0 Å². The summed E-state index contributed by atoms with van der Waals surface area (Å²) in [6.07, 6.45) is 0. The van der Waals surface area contributed by atoms with Crippen molar-refractivity contribution in [2.75, 3.05) is 0 Å². The molecule has 0 aromatic carbocycles. The van der Waals surface area contributed by atoms with E-state index in [9.17, 15) is 4.21 Å². The summed E-state index contributed by atoms with van der Waals surface area (Å²) in [6.45, 7) is 0. The van der Waals surface area contributed by atoms with Crippen molar-refractivity contribution in [3.05, 3.63) is 0 Å². The highest BCUT2D eigenvalue weighted by atomic mass is 35.5. The molecule has 0 aliphatic heterocycles. The van der Waals surface area contributed by atoms with Crippen molar-refractivity contribution < 1.29 is 7.94 Å². The average Bonchev–Trinajstić information content (AvgIpc) is 1.38. The van der Waals surface area contributed by atoms with E-state index in [0.29, 0.717) is 0 Å². The van der Waals surface area contributed by atoms with Crippen molar-refractivity contribution in [1.82, 2.24) is 0 Å². The third-order valence-corrected chi connectivity index (χ3v) is 0.559. The van der Waals surface area contributed by atoms with Gasteiger partial charge in [-0.3, -0.25) is 0 Å². The average molecular weight is 116 g/mol. The first-order valence-corrected chi connectivity index (χ1v) is 2.17. The summed E-state index contributed by atoms with van der Waals surface area (Å²) in [5.41, 5.74) is 0. The van der Waals surface area contributed by atoms with Gasteiger partial charge in [0.25, 0.3) is 0 Å². The van der Waals surface area contributed by atoms with Gasteiger partial charge in [-0.2, -0.15) is 3.74 Å². The standard InChI is InChI=1S/ClH2NO2S/c1-4-5(2)3/h2H2. The van der Waals surface area contributed by atoms with Gasteiger partial charge in [0.15, 0.2) is 0 Å². The molecule has 0 radical (unpaired) electrons. The second kappa shape index (κ2) is 2.59. The highest BCUT2D eigenvalue weighted by Crippen LogP contribution is 1.75. The first-order chi connectivity index (χ1) is 2.27. The molecule has 0 saturated carbocycles.